The summed E-state index contributed by atoms with van der Waals surface area (Å²) in [5.74, 6) is 0.342. The number of halogens is 4. The lowest BCUT2D eigenvalue weighted by molar-refractivity contribution is 0.332. The van der Waals surface area contributed by atoms with Crippen LogP contribution in [0.5, 0.6) is 11.5 Å². The van der Waals surface area contributed by atoms with Crippen molar-refractivity contribution in [2.24, 2.45) is 0 Å². The summed E-state index contributed by atoms with van der Waals surface area (Å²) >= 11 is 6.58. The van der Waals surface area contributed by atoms with Crippen molar-refractivity contribution in [3.8, 4) is 11.5 Å². The zero-order valence-corrected chi connectivity index (χ0v) is 19.4. The van der Waals surface area contributed by atoms with E-state index in [9.17, 15) is 8.78 Å². The first-order chi connectivity index (χ1) is 11.5. The highest BCUT2D eigenvalue weighted by Gasteiger charge is 2.39. The lowest BCUT2D eigenvalue weighted by Gasteiger charge is -2.33. The Morgan fingerprint density at radius 2 is 1.08 bits per heavy atom. The Balaban J connectivity index is 2.11. The van der Waals surface area contributed by atoms with Crippen LogP contribution < -0.4 is 8.85 Å². The highest BCUT2D eigenvalue weighted by atomic mass is 79.9. The summed E-state index contributed by atoms with van der Waals surface area (Å²) in [6.07, 6.45) is 0. The molecule has 25 heavy (non-hydrogen) atoms. The first kappa shape index (κ1) is 20.6. The van der Waals surface area contributed by atoms with Gasteiger partial charge in [-0.25, -0.2) is 8.78 Å². The maximum atomic E-state index is 13.2. The number of benzene rings is 2. The normalized spacial score (nSPS) is 12.2. The van der Waals surface area contributed by atoms with Crippen molar-refractivity contribution in [2.75, 3.05) is 0 Å². The molecular formula is C16H18Br2F2O3Si2. The van der Waals surface area contributed by atoms with Gasteiger partial charge in [-0.2, -0.15) is 0 Å². The summed E-state index contributed by atoms with van der Waals surface area (Å²) in [4.78, 5) is 0. The van der Waals surface area contributed by atoms with Gasteiger partial charge < -0.3 is 13.0 Å². The van der Waals surface area contributed by atoms with Gasteiger partial charge in [-0.05, 0) is 94.4 Å². The molecule has 0 saturated carbocycles. The van der Waals surface area contributed by atoms with Crippen molar-refractivity contribution in [1.29, 1.82) is 0 Å². The van der Waals surface area contributed by atoms with E-state index in [4.69, 9.17) is 13.0 Å². The van der Waals surface area contributed by atoms with Crippen molar-refractivity contribution >= 4 is 49.0 Å². The van der Waals surface area contributed by atoms with Gasteiger partial charge in [0.2, 0.25) is 0 Å². The quantitative estimate of drug-likeness (QED) is 0.422. The standard InChI is InChI=1S/C16H18Br2F2O3Si2/c1-24(2,21-15-7-5-11(19)9-13(15)17)23-25(3,4)22-16-8-6-12(20)10-14(16)18/h5-10H,1-4H3. The smallest absolute Gasteiger partial charge is 0.384 e. The van der Waals surface area contributed by atoms with Crippen molar-refractivity contribution in [2.45, 2.75) is 26.2 Å². The minimum Gasteiger partial charge on any atom is -0.520 e. The highest BCUT2D eigenvalue weighted by Crippen LogP contribution is 2.31. The maximum Gasteiger partial charge on any atom is 0.384 e. The molecule has 0 unspecified atom stereocenters. The monoisotopic (exact) mass is 510 g/mol. The van der Waals surface area contributed by atoms with Gasteiger partial charge in [-0.3, -0.25) is 0 Å². The van der Waals surface area contributed by atoms with Gasteiger partial charge in [0.1, 0.15) is 23.1 Å². The molecule has 0 aliphatic heterocycles. The lowest BCUT2D eigenvalue weighted by Crippen LogP contribution is -2.52. The molecular weight excluding hydrogens is 494 g/mol. The second kappa shape index (κ2) is 7.87. The van der Waals surface area contributed by atoms with Gasteiger partial charge in [0, 0.05) is 0 Å². The second-order valence-electron chi connectivity index (χ2n) is 6.26. The molecule has 2 aromatic carbocycles. The average Bonchev–Trinajstić information content (AvgIpc) is 2.44. The fraction of sp³-hybridized carbons (Fsp3) is 0.250. The van der Waals surface area contributed by atoms with Crippen molar-refractivity contribution in [1.82, 2.24) is 0 Å². The van der Waals surface area contributed by atoms with Gasteiger partial charge in [0.25, 0.3) is 0 Å². The van der Waals surface area contributed by atoms with E-state index in [1.807, 2.05) is 26.2 Å². The largest absolute Gasteiger partial charge is 0.520 e. The lowest BCUT2D eigenvalue weighted by atomic mass is 10.3. The molecule has 0 N–H and O–H groups in total. The van der Waals surface area contributed by atoms with E-state index < -0.39 is 17.1 Å². The van der Waals surface area contributed by atoms with E-state index in [2.05, 4.69) is 31.9 Å². The van der Waals surface area contributed by atoms with Crippen molar-refractivity contribution < 1.29 is 21.7 Å². The van der Waals surface area contributed by atoms with E-state index in [1.54, 1.807) is 12.1 Å². The molecule has 0 bridgehead atoms. The fourth-order valence-corrected chi connectivity index (χ4v) is 9.93. The topological polar surface area (TPSA) is 27.7 Å². The molecule has 0 fully saturated rings. The van der Waals surface area contributed by atoms with Gasteiger partial charge >= 0.3 is 17.1 Å². The van der Waals surface area contributed by atoms with Gasteiger partial charge in [0.15, 0.2) is 0 Å². The van der Waals surface area contributed by atoms with Gasteiger partial charge in [-0.15, -0.1) is 0 Å². The molecule has 9 heteroatoms. The van der Waals surface area contributed by atoms with E-state index in [-0.39, 0.29) is 11.6 Å². The average molecular weight is 512 g/mol. The van der Waals surface area contributed by atoms with E-state index >= 15 is 0 Å². The molecule has 0 aliphatic rings. The zero-order chi connectivity index (χ0) is 18.8. The molecule has 0 radical (unpaired) electrons. The van der Waals surface area contributed by atoms with Crippen LogP contribution in [0, 0.1) is 11.6 Å². The van der Waals surface area contributed by atoms with E-state index in [1.165, 1.54) is 24.3 Å². The summed E-state index contributed by atoms with van der Waals surface area (Å²) < 4.78 is 45.7. The third kappa shape index (κ3) is 6.17. The van der Waals surface area contributed by atoms with Crippen molar-refractivity contribution in [3.05, 3.63) is 57.0 Å². The molecule has 0 atom stereocenters. The Bertz CT molecular complexity index is 710. The molecule has 0 heterocycles. The van der Waals surface area contributed by atoms with Crippen LogP contribution in [0.2, 0.25) is 26.2 Å². The van der Waals surface area contributed by atoms with Crippen LogP contribution in [0.3, 0.4) is 0 Å². The first-order valence-electron chi connectivity index (χ1n) is 7.46. The summed E-state index contributed by atoms with van der Waals surface area (Å²) in [5, 5.41) is 0. The number of hydrogen-bond acceptors (Lipinski definition) is 3. The maximum absolute atomic E-state index is 13.2. The molecule has 0 aromatic heterocycles. The van der Waals surface area contributed by atoms with Crippen LogP contribution in [-0.2, 0) is 4.12 Å². The third-order valence-corrected chi connectivity index (χ3v) is 9.59. The van der Waals surface area contributed by atoms with Gasteiger partial charge in [-0.1, -0.05) is 0 Å². The van der Waals surface area contributed by atoms with Crippen LogP contribution in [0.1, 0.15) is 0 Å². The van der Waals surface area contributed by atoms with Crippen LogP contribution >= 0.6 is 31.9 Å². The SMILES string of the molecule is C[Si](C)(Oc1ccc(F)cc1Br)O[Si](C)(C)Oc1ccc(F)cc1Br. The molecule has 2 aromatic rings. The predicted octanol–water partition coefficient (Wildman–Crippen LogP) is 6.37. The highest BCUT2D eigenvalue weighted by molar-refractivity contribution is 9.10. The number of hydrogen-bond donors (Lipinski definition) is 0. The van der Waals surface area contributed by atoms with E-state index in [0.29, 0.717) is 20.4 Å². The fourth-order valence-electron chi connectivity index (χ4n) is 2.28. The summed E-state index contributed by atoms with van der Waals surface area (Å²) in [7, 11) is -5.23. The molecule has 2 rings (SSSR count). The molecule has 136 valence electrons. The van der Waals surface area contributed by atoms with Gasteiger partial charge in [0.05, 0.1) is 8.95 Å². The third-order valence-electron chi connectivity index (χ3n) is 2.99. The van der Waals surface area contributed by atoms with Crippen LogP contribution in [0.15, 0.2) is 45.3 Å². The van der Waals surface area contributed by atoms with Crippen molar-refractivity contribution in [3.63, 3.8) is 0 Å². The Morgan fingerprint density at radius 3 is 1.40 bits per heavy atom. The zero-order valence-electron chi connectivity index (χ0n) is 14.2. The minimum atomic E-state index is -2.62. The number of rotatable bonds is 6. The molecule has 0 spiro atoms. The van der Waals surface area contributed by atoms with E-state index in [0.717, 1.165) is 0 Å². The molecule has 0 amide bonds. The molecule has 3 nitrogen and oxygen atoms in total. The Kier molecular flexibility index (Phi) is 6.47. The second-order valence-corrected chi connectivity index (χ2v) is 14.8. The minimum absolute atomic E-state index is 0.348. The van der Waals surface area contributed by atoms with Crippen LogP contribution in [0.25, 0.3) is 0 Å². The first-order valence-corrected chi connectivity index (χ1v) is 14.7. The Morgan fingerprint density at radius 1 is 0.720 bits per heavy atom. The van der Waals surface area contributed by atoms with Crippen LogP contribution in [0.4, 0.5) is 8.78 Å². The summed E-state index contributed by atoms with van der Waals surface area (Å²) in [5.41, 5.74) is 0. The summed E-state index contributed by atoms with van der Waals surface area (Å²) in [6.45, 7) is 7.56. The summed E-state index contributed by atoms with van der Waals surface area (Å²) in [6, 6.07) is 8.47. The molecule has 0 saturated heterocycles. The molecule has 0 aliphatic carbocycles. The Hall–Kier alpha value is -0.746. The van der Waals surface area contributed by atoms with Crippen LogP contribution in [-0.4, -0.2) is 17.1 Å². The predicted molar refractivity (Wildman–Crippen MR) is 106 cm³/mol. The Labute approximate surface area is 165 Å².